The van der Waals surface area contributed by atoms with Crippen LogP contribution in [0.5, 0.6) is 0 Å². The number of thioether (sulfide) groups is 1. The molecule has 4 heteroatoms. The van der Waals surface area contributed by atoms with E-state index < -0.39 is 0 Å². The second kappa shape index (κ2) is 6.48. The van der Waals surface area contributed by atoms with Crippen molar-refractivity contribution in [2.45, 2.75) is 19.2 Å². The monoisotopic (exact) mass is 274 g/mol. The summed E-state index contributed by atoms with van der Waals surface area (Å²) in [7, 11) is 0. The minimum absolute atomic E-state index is 0.00496. The molecule has 0 spiro atoms. The summed E-state index contributed by atoms with van der Waals surface area (Å²) in [4.78, 5) is 11.6. The number of benzene rings is 1. The van der Waals surface area contributed by atoms with Gasteiger partial charge in [0.1, 0.15) is 0 Å². The van der Waals surface area contributed by atoms with Crippen molar-refractivity contribution >= 4 is 17.4 Å². The van der Waals surface area contributed by atoms with Crippen molar-refractivity contribution in [3.8, 4) is 0 Å². The van der Waals surface area contributed by atoms with E-state index in [1.807, 2.05) is 11.8 Å². The van der Waals surface area contributed by atoms with E-state index in [9.17, 15) is 4.79 Å². The molecule has 0 aliphatic rings. The fraction of sp³-hybridized carbons (Fsp3) is 0.267. The third-order valence-electron chi connectivity index (χ3n) is 2.83. The van der Waals surface area contributed by atoms with Gasteiger partial charge in [-0.25, -0.2) is 0 Å². The zero-order chi connectivity index (χ0) is 13.7. The Bertz CT molecular complexity index is 607. The lowest BCUT2D eigenvalue weighted by Crippen LogP contribution is -2.19. The summed E-state index contributed by atoms with van der Waals surface area (Å²) >= 11 is 1.82. The lowest BCUT2D eigenvalue weighted by molar-refractivity contribution is 0.737. The van der Waals surface area contributed by atoms with Gasteiger partial charge in [0.2, 0.25) is 0 Å². The summed E-state index contributed by atoms with van der Waals surface area (Å²) in [6, 6.07) is 11.7. The number of hydrogen-bond acceptors (Lipinski definition) is 3. The molecular weight excluding hydrogens is 256 g/mol. The van der Waals surface area contributed by atoms with Gasteiger partial charge in [-0.05, 0) is 18.6 Å². The third kappa shape index (κ3) is 4.17. The molecule has 0 radical (unpaired) electrons. The van der Waals surface area contributed by atoms with E-state index >= 15 is 0 Å². The van der Waals surface area contributed by atoms with Crippen LogP contribution < -0.4 is 11.3 Å². The van der Waals surface area contributed by atoms with Crippen molar-refractivity contribution in [2.75, 3.05) is 11.5 Å². The van der Waals surface area contributed by atoms with Crippen LogP contribution in [-0.2, 0) is 12.3 Å². The molecule has 2 rings (SSSR count). The topological polar surface area (TPSA) is 48.0 Å². The van der Waals surface area contributed by atoms with E-state index in [-0.39, 0.29) is 5.56 Å². The quantitative estimate of drug-likeness (QED) is 0.853. The molecule has 0 amide bonds. The number of hydrogen-bond donors (Lipinski definition) is 1. The molecule has 0 aliphatic heterocycles. The van der Waals surface area contributed by atoms with E-state index in [1.165, 1.54) is 17.2 Å². The highest BCUT2D eigenvalue weighted by Gasteiger charge is 1.98. The molecule has 0 saturated carbocycles. The van der Waals surface area contributed by atoms with E-state index in [2.05, 4.69) is 31.2 Å². The number of pyridine rings is 1. The molecule has 2 N–H and O–H groups in total. The number of anilines is 1. The van der Waals surface area contributed by atoms with Crippen LogP contribution in [0.1, 0.15) is 11.1 Å². The van der Waals surface area contributed by atoms with Crippen molar-refractivity contribution < 1.29 is 0 Å². The second-order valence-corrected chi connectivity index (χ2v) is 5.64. The minimum Gasteiger partial charge on any atom is -0.398 e. The maximum atomic E-state index is 11.6. The highest BCUT2D eigenvalue weighted by molar-refractivity contribution is 7.98. The van der Waals surface area contributed by atoms with Crippen LogP contribution in [0.15, 0.2) is 47.4 Å². The van der Waals surface area contributed by atoms with E-state index in [0.29, 0.717) is 12.2 Å². The Balaban J connectivity index is 1.84. The van der Waals surface area contributed by atoms with Crippen molar-refractivity contribution in [1.29, 1.82) is 0 Å². The molecule has 2 aromatic rings. The summed E-state index contributed by atoms with van der Waals surface area (Å²) in [6.07, 6.45) is 1.70. The molecule has 0 unspecified atom stereocenters. The average molecular weight is 274 g/mol. The Kier molecular flexibility index (Phi) is 4.68. The highest BCUT2D eigenvalue weighted by atomic mass is 32.2. The fourth-order valence-electron chi connectivity index (χ4n) is 1.88. The van der Waals surface area contributed by atoms with Gasteiger partial charge in [0.25, 0.3) is 5.56 Å². The predicted octanol–water partition coefficient (Wildman–Crippen LogP) is 2.67. The summed E-state index contributed by atoms with van der Waals surface area (Å²) < 4.78 is 1.67. The number of rotatable bonds is 5. The zero-order valence-corrected chi connectivity index (χ0v) is 11.8. The normalized spacial score (nSPS) is 10.6. The van der Waals surface area contributed by atoms with E-state index in [0.717, 1.165) is 11.5 Å². The summed E-state index contributed by atoms with van der Waals surface area (Å²) in [5.74, 6) is 1.87. The Morgan fingerprint density at radius 2 is 2.11 bits per heavy atom. The number of nitrogens with two attached hydrogens (primary N) is 1. The van der Waals surface area contributed by atoms with Crippen LogP contribution in [0.2, 0.25) is 0 Å². The average Bonchev–Trinajstić information content (AvgIpc) is 2.39. The van der Waals surface area contributed by atoms with Gasteiger partial charge in [-0.2, -0.15) is 11.8 Å². The van der Waals surface area contributed by atoms with Gasteiger partial charge in [-0.15, -0.1) is 0 Å². The first-order valence-electron chi connectivity index (χ1n) is 6.24. The van der Waals surface area contributed by atoms with Gasteiger partial charge in [0.15, 0.2) is 0 Å². The lowest BCUT2D eigenvalue weighted by atomic mass is 10.2. The molecule has 3 nitrogen and oxygen atoms in total. The number of aryl methyl sites for hydroxylation is 2. The summed E-state index contributed by atoms with van der Waals surface area (Å²) in [5, 5.41) is 0. The van der Waals surface area contributed by atoms with Crippen LogP contribution >= 0.6 is 11.8 Å². The number of nitrogens with zero attached hydrogens (tertiary/aromatic N) is 1. The molecule has 1 aromatic carbocycles. The Labute approximate surface area is 117 Å². The van der Waals surface area contributed by atoms with Gasteiger partial charge in [0, 0.05) is 36.0 Å². The van der Waals surface area contributed by atoms with Crippen molar-refractivity contribution in [3.05, 3.63) is 64.1 Å². The SMILES string of the molecule is Cc1cccc(CSCCn2cc(N)ccc2=O)c1. The van der Waals surface area contributed by atoms with Crippen LogP contribution in [0, 0.1) is 6.92 Å². The van der Waals surface area contributed by atoms with Gasteiger partial charge in [-0.3, -0.25) is 4.79 Å². The van der Waals surface area contributed by atoms with Gasteiger partial charge < -0.3 is 10.3 Å². The maximum Gasteiger partial charge on any atom is 0.250 e. The summed E-state index contributed by atoms with van der Waals surface area (Å²) in [6.45, 7) is 2.79. The van der Waals surface area contributed by atoms with E-state index in [1.54, 1.807) is 16.8 Å². The molecule has 1 heterocycles. The smallest absolute Gasteiger partial charge is 0.250 e. The van der Waals surface area contributed by atoms with E-state index in [4.69, 9.17) is 5.73 Å². The fourth-order valence-corrected chi connectivity index (χ4v) is 2.76. The standard InChI is InChI=1S/C15H18N2OS/c1-12-3-2-4-13(9-12)11-19-8-7-17-10-14(16)5-6-15(17)18/h2-6,9-10H,7-8,11,16H2,1H3. The van der Waals surface area contributed by atoms with Gasteiger partial charge >= 0.3 is 0 Å². The first kappa shape index (κ1) is 13.7. The van der Waals surface area contributed by atoms with Crippen LogP contribution in [-0.4, -0.2) is 10.3 Å². The first-order valence-corrected chi connectivity index (χ1v) is 7.40. The Morgan fingerprint density at radius 1 is 1.26 bits per heavy atom. The molecular formula is C15H18N2OS. The molecule has 0 bridgehead atoms. The molecule has 0 aliphatic carbocycles. The number of aromatic nitrogens is 1. The molecule has 0 fully saturated rings. The zero-order valence-electron chi connectivity index (χ0n) is 11.0. The molecule has 1 aromatic heterocycles. The highest BCUT2D eigenvalue weighted by Crippen LogP contribution is 2.13. The Hall–Kier alpha value is -1.68. The predicted molar refractivity (Wildman–Crippen MR) is 82.5 cm³/mol. The molecule has 100 valence electrons. The largest absolute Gasteiger partial charge is 0.398 e. The van der Waals surface area contributed by atoms with Crippen LogP contribution in [0.25, 0.3) is 0 Å². The van der Waals surface area contributed by atoms with Crippen LogP contribution in [0.4, 0.5) is 5.69 Å². The second-order valence-electron chi connectivity index (χ2n) is 4.54. The van der Waals surface area contributed by atoms with Crippen molar-refractivity contribution in [3.63, 3.8) is 0 Å². The van der Waals surface area contributed by atoms with Crippen molar-refractivity contribution in [2.24, 2.45) is 0 Å². The number of nitrogen functional groups attached to an aromatic ring is 1. The molecule has 0 atom stereocenters. The molecule has 19 heavy (non-hydrogen) atoms. The Morgan fingerprint density at radius 3 is 2.89 bits per heavy atom. The van der Waals surface area contributed by atoms with Gasteiger partial charge in [-0.1, -0.05) is 29.8 Å². The maximum absolute atomic E-state index is 11.6. The lowest BCUT2D eigenvalue weighted by Gasteiger charge is -2.06. The molecule has 0 saturated heterocycles. The third-order valence-corrected chi connectivity index (χ3v) is 3.84. The first-order chi connectivity index (χ1) is 9.15. The van der Waals surface area contributed by atoms with Gasteiger partial charge in [0.05, 0.1) is 0 Å². The van der Waals surface area contributed by atoms with Crippen LogP contribution in [0.3, 0.4) is 0 Å². The van der Waals surface area contributed by atoms with Crippen molar-refractivity contribution in [1.82, 2.24) is 4.57 Å². The summed E-state index contributed by atoms with van der Waals surface area (Å²) in [5.41, 5.74) is 8.91. The minimum atomic E-state index is 0.00496.